The summed E-state index contributed by atoms with van der Waals surface area (Å²) in [6.07, 6.45) is 0.150. The van der Waals surface area contributed by atoms with Gasteiger partial charge in [-0.25, -0.2) is 0 Å². The number of rotatable bonds is 19. The van der Waals surface area contributed by atoms with Gasteiger partial charge in [-0.2, -0.15) is 0 Å². The first-order valence-corrected chi connectivity index (χ1v) is 12.6. The van der Waals surface area contributed by atoms with Crippen molar-refractivity contribution in [1.29, 1.82) is 0 Å². The molecule has 13 nitrogen and oxygen atoms in total. The van der Waals surface area contributed by atoms with Crippen molar-refractivity contribution in [2.24, 2.45) is 5.73 Å². The van der Waals surface area contributed by atoms with Gasteiger partial charge in [-0.15, -0.1) is 12.4 Å². The maximum atomic E-state index is 13.0. The van der Waals surface area contributed by atoms with Gasteiger partial charge in [0.1, 0.15) is 18.4 Å². The molecule has 3 N–H and O–H groups in total. The number of nitrogens with one attached hydrogen (secondary N) is 1. The molecule has 218 valence electrons. The van der Waals surface area contributed by atoms with Crippen LogP contribution in [0.1, 0.15) is 33.6 Å². The second-order valence-electron chi connectivity index (χ2n) is 8.32. The van der Waals surface area contributed by atoms with Crippen LogP contribution in [0.15, 0.2) is 18.2 Å². The highest BCUT2D eigenvalue weighted by molar-refractivity contribution is 6.24. The normalized spacial score (nSPS) is 16.7. The number of hydrogen-bond acceptors (Lipinski definition) is 11. The third-order valence-electron chi connectivity index (χ3n) is 5.67. The molecular formula is C25H36ClN3O10. The summed E-state index contributed by atoms with van der Waals surface area (Å²) in [6, 6.07) is 3.68. The van der Waals surface area contributed by atoms with E-state index < -0.39 is 29.7 Å². The SMILES string of the molecule is Cl.NCCOCCOCCOCCOCCOCCOc1cccc2c1C(=O)N(C1CCC(=O)NC1=O)C2=O. The van der Waals surface area contributed by atoms with Gasteiger partial charge in [0.15, 0.2) is 0 Å². The van der Waals surface area contributed by atoms with Crippen molar-refractivity contribution >= 4 is 36.0 Å². The Balaban J connectivity index is 0.00000533. The summed E-state index contributed by atoms with van der Waals surface area (Å²) in [5.74, 6) is -2.04. The Hall–Kier alpha value is -2.65. The first-order chi connectivity index (χ1) is 18.5. The van der Waals surface area contributed by atoms with E-state index in [1.807, 2.05) is 0 Å². The lowest BCUT2D eigenvalue weighted by Crippen LogP contribution is -2.54. The zero-order chi connectivity index (χ0) is 27.2. The number of ether oxygens (including phenoxy) is 6. The fourth-order valence-corrected chi connectivity index (χ4v) is 3.88. The number of carbonyl (C=O) groups is 4. The van der Waals surface area contributed by atoms with Crippen LogP contribution in [0.5, 0.6) is 5.75 Å². The number of amides is 4. The minimum Gasteiger partial charge on any atom is -0.490 e. The van der Waals surface area contributed by atoms with E-state index >= 15 is 0 Å². The van der Waals surface area contributed by atoms with Gasteiger partial charge in [-0.1, -0.05) is 6.07 Å². The molecule has 1 aromatic carbocycles. The molecule has 1 atom stereocenters. The number of benzene rings is 1. The van der Waals surface area contributed by atoms with Crippen LogP contribution in [-0.2, 0) is 33.3 Å². The van der Waals surface area contributed by atoms with Crippen molar-refractivity contribution in [3.05, 3.63) is 29.3 Å². The molecule has 1 unspecified atom stereocenters. The number of carbonyl (C=O) groups excluding carboxylic acids is 4. The first-order valence-electron chi connectivity index (χ1n) is 12.6. The summed E-state index contributed by atoms with van der Waals surface area (Å²) >= 11 is 0. The lowest BCUT2D eigenvalue weighted by molar-refractivity contribution is -0.136. The predicted molar refractivity (Wildman–Crippen MR) is 139 cm³/mol. The van der Waals surface area contributed by atoms with Crippen LogP contribution in [0.4, 0.5) is 0 Å². The zero-order valence-corrected chi connectivity index (χ0v) is 22.5. The maximum Gasteiger partial charge on any atom is 0.266 e. The van der Waals surface area contributed by atoms with Gasteiger partial charge in [0.25, 0.3) is 11.8 Å². The number of nitrogens with two attached hydrogens (primary N) is 1. The highest BCUT2D eigenvalue weighted by Crippen LogP contribution is 2.33. The Morgan fingerprint density at radius 3 is 1.85 bits per heavy atom. The number of hydrogen-bond donors (Lipinski definition) is 2. The molecule has 0 aromatic heterocycles. The molecule has 39 heavy (non-hydrogen) atoms. The molecule has 0 aliphatic carbocycles. The molecule has 1 aromatic rings. The van der Waals surface area contributed by atoms with Crippen molar-refractivity contribution in [2.45, 2.75) is 18.9 Å². The van der Waals surface area contributed by atoms with Crippen molar-refractivity contribution in [1.82, 2.24) is 10.2 Å². The van der Waals surface area contributed by atoms with Gasteiger partial charge in [-0.3, -0.25) is 29.4 Å². The Kier molecular flexibility index (Phi) is 14.9. The van der Waals surface area contributed by atoms with E-state index in [9.17, 15) is 19.2 Å². The van der Waals surface area contributed by atoms with Crippen molar-refractivity contribution in [2.75, 3.05) is 79.2 Å². The van der Waals surface area contributed by atoms with E-state index in [2.05, 4.69) is 5.32 Å². The molecular weight excluding hydrogens is 538 g/mol. The van der Waals surface area contributed by atoms with Crippen molar-refractivity contribution in [3.63, 3.8) is 0 Å². The average molecular weight is 574 g/mol. The molecule has 2 aliphatic rings. The fraction of sp³-hybridized carbons (Fsp3) is 0.600. The topological polar surface area (TPSA) is 165 Å². The Morgan fingerprint density at radius 1 is 0.769 bits per heavy atom. The van der Waals surface area contributed by atoms with Gasteiger partial charge in [0.2, 0.25) is 11.8 Å². The predicted octanol–water partition coefficient (Wildman–Crippen LogP) is -0.0699. The smallest absolute Gasteiger partial charge is 0.266 e. The monoisotopic (exact) mass is 573 g/mol. The van der Waals surface area contributed by atoms with Crippen molar-refractivity contribution in [3.8, 4) is 5.75 Å². The van der Waals surface area contributed by atoms with Gasteiger partial charge in [0.05, 0.1) is 77.2 Å². The van der Waals surface area contributed by atoms with Crippen LogP contribution in [0, 0.1) is 0 Å². The molecule has 2 heterocycles. The number of nitrogens with zero attached hydrogens (tertiary/aromatic N) is 1. The lowest BCUT2D eigenvalue weighted by Gasteiger charge is -2.27. The molecule has 0 saturated carbocycles. The summed E-state index contributed by atoms with van der Waals surface area (Å²) in [6.45, 7) is 4.98. The van der Waals surface area contributed by atoms with Crippen LogP contribution < -0.4 is 15.8 Å². The van der Waals surface area contributed by atoms with Gasteiger partial charge >= 0.3 is 0 Å². The number of fused-ring (bicyclic) bond motifs is 1. The molecule has 14 heteroatoms. The second kappa shape index (κ2) is 17.8. The number of piperidine rings is 1. The quantitative estimate of drug-likeness (QED) is 0.168. The summed E-state index contributed by atoms with van der Waals surface area (Å²) in [5, 5.41) is 2.17. The van der Waals surface area contributed by atoms with Crippen molar-refractivity contribution < 1.29 is 47.6 Å². The Morgan fingerprint density at radius 2 is 1.31 bits per heavy atom. The molecule has 1 fully saturated rings. The second-order valence-corrected chi connectivity index (χ2v) is 8.32. The van der Waals surface area contributed by atoms with E-state index in [-0.39, 0.29) is 55.3 Å². The highest BCUT2D eigenvalue weighted by atomic mass is 35.5. The van der Waals surface area contributed by atoms with E-state index in [0.29, 0.717) is 66.0 Å². The average Bonchev–Trinajstić information content (AvgIpc) is 3.16. The Bertz CT molecular complexity index is 964. The van der Waals surface area contributed by atoms with Gasteiger partial charge in [0, 0.05) is 13.0 Å². The number of imide groups is 2. The molecule has 0 radical (unpaired) electrons. The lowest BCUT2D eigenvalue weighted by atomic mass is 10.0. The number of halogens is 1. The third kappa shape index (κ3) is 9.80. The molecule has 2 aliphatic heterocycles. The van der Waals surface area contributed by atoms with Crippen LogP contribution in [0.3, 0.4) is 0 Å². The van der Waals surface area contributed by atoms with E-state index in [1.54, 1.807) is 12.1 Å². The summed E-state index contributed by atoms with van der Waals surface area (Å²) < 4.78 is 32.6. The molecule has 0 spiro atoms. The maximum absolute atomic E-state index is 13.0. The zero-order valence-electron chi connectivity index (χ0n) is 21.7. The largest absolute Gasteiger partial charge is 0.490 e. The van der Waals surface area contributed by atoms with Crippen LogP contribution in [0.25, 0.3) is 0 Å². The van der Waals surface area contributed by atoms with E-state index in [1.165, 1.54) is 6.07 Å². The summed E-state index contributed by atoms with van der Waals surface area (Å²) in [4.78, 5) is 50.4. The van der Waals surface area contributed by atoms with Gasteiger partial charge in [-0.05, 0) is 18.6 Å². The standard InChI is InChI=1S/C25H35N3O10.ClH/c26-6-7-33-8-9-34-10-11-35-12-13-36-14-15-37-16-17-38-20-3-1-2-18-22(20)25(32)28(24(18)31)19-4-5-21(29)27-23(19)30;/h1-3,19H,4-17,26H2,(H,27,29,30);1H. The summed E-state index contributed by atoms with van der Waals surface area (Å²) in [7, 11) is 0. The minimum absolute atomic E-state index is 0. The molecule has 3 rings (SSSR count). The Labute approximate surface area is 232 Å². The highest BCUT2D eigenvalue weighted by Gasteiger charge is 2.45. The van der Waals surface area contributed by atoms with Crippen LogP contribution >= 0.6 is 12.4 Å². The molecule has 4 amide bonds. The summed E-state index contributed by atoms with van der Waals surface area (Å²) in [5.41, 5.74) is 5.59. The molecule has 1 saturated heterocycles. The van der Waals surface area contributed by atoms with Crippen LogP contribution in [-0.4, -0.2) is 114 Å². The third-order valence-corrected chi connectivity index (χ3v) is 5.67. The van der Waals surface area contributed by atoms with E-state index in [0.717, 1.165) is 4.90 Å². The minimum atomic E-state index is -1.03. The fourth-order valence-electron chi connectivity index (χ4n) is 3.88. The first kappa shape index (κ1) is 32.6. The van der Waals surface area contributed by atoms with Crippen LogP contribution in [0.2, 0.25) is 0 Å². The van der Waals surface area contributed by atoms with Gasteiger partial charge < -0.3 is 34.2 Å². The van der Waals surface area contributed by atoms with E-state index in [4.69, 9.17) is 34.2 Å². The molecule has 0 bridgehead atoms.